The Balaban J connectivity index is 2.03. The molecule has 0 aliphatic rings. The zero-order valence-corrected chi connectivity index (χ0v) is 14.8. The number of rotatable bonds is 7. The molecule has 1 amide bonds. The van der Waals surface area contributed by atoms with E-state index in [1.165, 1.54) is 4.90 Å². The summed E-state index contributed by atoms with van der Waals surface area (Å²) < 4.78 is 22.7. The summed E-state index contributed by atoms with van der Waals surface area (Å²) in [5.41, 5.74) is 0.647. The third-order valence-corrected chi connectivity index (χ3v) is 5.00. The highest BCUT2D eigenvalue weighted by Gasteiger charge is 2.17. The van der Waals surface area contributed by atoms with E-state index in [2.05, 4.69) is 0 Å². The van der Waals surface area contributed by atoms with Gasteiger partial charge in [-0.2, -0.15) is 0 Å². The molecule has 0 radical (unpaired) electrons. The average Bonchev–Trinajstić information content (AvgIpc) is 2.65. The first-order valence-electron chi connectivity index (χ1n) is 7.49. The summed E-state index contributed by atoms with van der Waals surface area (Å²) in [5, 5.41) is 0. The summed E-state index contributed by atoms with van der Waals surface area (Å²) in [6.45, 7) is 0. The molecule has 0 aliphatic carbocycles. The maximum Gasteiger partial charge on any atom is 0.227 e. The first kappa shape index (κ1) is 18.0. The fraction of sp³-hybridized carbons (Fsp3) is 0.278. The highest BCUT2D eigenvalue weighted by Crippen LogP contribution is 2.31. The molecule has 1 atom stereocenters. The van der Waals surface area contributed by atoms with Crippen LogP contribution in [0, 0.1) is 0 Å². The van der Waals surface area contributed by atoms with E-state index < -0.39 is 10.8 Å². The van der Waals surface area contributed by atoms with Crippen molar-refractivity contribution in [3.8, 4) is 11.5 Å². The fourth-order valence-corrected chi connectivity index (χ4v) is 3.29. The SMILES string of the molecule is COc1ccc(N(C)C(=O)CCS(=O)c2ccccc2)c(OC)c1. The minimum atomic E-state index is -1.19. The van der Waals surface area contributed by atoms with Gasteiger partial charge < -0.3 is 14.4 Å². The first-order chi connectivity index (χ1) is 11.6. The molecule has 2 aromatic carbocycles. The predicted molar refractivity (Wildman–Crippen MR) is 95.3 cm³/mol. The highest BCUT2D eigenvalue weighted by atomic mass is 32.2. The number of nitrogens with zero attached hydrogens (tertiary/aromatic N) is 1. The molecular formula is C18H21NO4S. The Bertz CT molecular complexity index is 718. The van der Waals surface area contributed by atoms with Gasteiger partial charge in [-0.1, -0.05) is 18.2 Å². The number of methoxy groups -OCH3 is 2. The van der Waals surface area contributed by atoms with Gasteiger partial charge in [0.1, 0.15) is 11.5 Å². The maximum absolute atomic E-state index is 12.4. The van der Waals surface area contributed by atoms with Gasteiger partial charge in [-0.05, 0) is 24.3 Å². The number of benzene rings is 2. The van der Waals surface area contributed by atoms with E-state index in [0.29, 0.717) is 17.2 Å². The maximum atomic E-state index is 12.4. The Kier molecular flexibility index (Phi) is 6.37. The van der Waals surface area contributed by atoms with Crippen LogP contribution in [0.5, 0.6) is 11.5 Å². The fourth-order valence-electron chi connectivity index (χ4n) is 2.23. The van der Waals surface area contributed by atoms with Gasteiger partial charge in [-0.15, -0.1) is 0 Å². The van der Waals surface area contributed by atoms with E-state index in [0.717, 1.165) is 4.90 Å². The van der Waals surface area contributed by atoms with Crippen LogP contribution >= 0.6 is 0 Å². The summed E-state index contributed by atoms with van der Waals surface area (Å²) in [6, 6.07) is 14.4. The molecule has 0 bridgehead atoms. The zero-order valence-electron chi connectivity index (χ0n) is 14.0. The molecule has 6 heteroatoms. The Labute approximate surface area is 144 Å². The number of carbonyl (C=O) groups is 1. The lowest BCUT2D eigenvalue weighted by Gasteiger charge is -2.20. The zero-order chi connectivity index (χ0) is 17.5. The molecule has 0 saturated heterocycles. The molecule has 0 N–H and O–H groups in total. The molecular weight excluding hydrogens is 326 g/mol. The molecule has 0 fully saturated rings. The number of hydrogen-bond acceptors (Lipinski definition) is 4. The van der Waals surface area contributed by atoms with Gasteiger partial charge in [-0.3, -0.25) is 9.00 Å². The van der Waals surface area contributed by atoms with Crippen LogP contribution in [0.2, 0.25) is 0 Å². The minimum Gasteiger partial charge on any atom is -0.497 e. The van der Waals surface area contributed by atoms with Crippen molar-refractivity contribution >= 4 is 22.4 Å². The molecule has 0 spiro atoms. The third-order valence-electron chi connectivity index (χ3n) is 3.63. The van der Waals surface area contributed by atoms with Crippen LogP contribution in [0.25, 0.3) is 0 Å². The summed E-state index contributed by atoms with van der Waals surface area (Å²) in [6.07, 6.45) is 0.188. The Morgan fingerprint density at radius 2 is 1.79 bits per heavy atom. The van der Waals surface area contributed by atoms with E-state index in [-0.39, 0.29) is 18.1 Å². The number of ether oxygens (including phenoxy) is 2. The summed E-state index contributed by atoms with van der Waals surface area (Å²) >= 11 is 0. The van der Waals surface area contributed by atoms with Crippen molar-refractivity contribution in [2.45, 2.75) is 11.3 Å². The molecule has 0 heterocycles. The van der Waals surface area contributed by atoms with Gasteiger partial charge in [0.2, 0.25) is 5.91 Å². The van der Waals surface area contributed by atoms with E-state index in [1.807, 2.05) is 18.2 Å². The van der Waals surface area contributed by atoms with Crippen LogP contribution in [0.15, 0.2) is 53.4 Å². The number of amides is 1. The second kappa shape index (κ2) is 8.49. The lowest BCUT2D eigenvalue weighted by Crippen LogP contribution is -2.27. The lowest BCUT2D eigenvalue weighted by molar-refractivity contribution is -0.117. The Morgan fingerprint density at radius 3 is 2.42 bits per heavy atom. The standard InChI is InChI=1S/C18H21NO4S/c1-19(16-10-9-14(22-2)13-17(16)23-3)18(20)11-12-24(21)15-7-5-4-6-8-15/h4-10,13H,11-12H2,1-3H3. The lowest BCUT2D eigenvalue weighted by atomic mass is 10.2. The topological polar surface area (TPSA) is 55.8 Å². The van der Waals surface area contributed by atoms with Gasteiger partial charge in [0.25, 0.3) is 0 Å². The molecule has 24 heavy (non-hydrogen) atoms. The highest BCUT2D eigenvalue weighted by molar-refractivity contribution is 7.85. The van der Waals surface area contributed by atoms with Crippen molar-refractivity contribution in [1.29, 1.82) is 0 Å². The van der Waals surface area contributed by atoms with Gasteiger partial charge in [0.05, 0.1) is 30.7 Å². The normalized spacial score (nSPS) is 11.6. The quantitative estimate of drug-likeness (QED) is 0.773. The first-order valence-corrected chi connectivity index (χ1v) is 8.80. The van der Waals surface area contributed by atoms with Crippen LogP contribution in [0.1, 0.15) is 6.42 Å². The van der Waals surface area contributed by atoms with Gasteiger partial charge in [-0.25, -0.2) is 0 Å². The summed E-state index contributed by atoms with van der Waals surface area (Å²) in [5.74, 6) is 1.37. The van der Waals surface area contributed by atoms with Crippen LogP contribution in [0.4, 0.5) is 5.69 Å². The minimum absolute atomic E-state index is 0.122. The summed E-state index contributed by atoms with van der Waals surface area (Å²) in [4.78, 5) is 14.7. The van der Waals surface area contributed by atoms with Crippen molar-refractivity contribution in [3.63, 3.8) is 0 Å². The molecule has 0 aromatic heterocycles. The van der Waals surface area contributed by atoms with Crippen LogP contribution in [-0.4, -0.2) is 37.1 Å². The van der Waals surface area contributed by atoms with Crippen molar-refractivity contribution < 1.29 is 18.5 Å². The Hall–Kier alpha value is -2.34. The van der Waals surface area contributed by atoms with Gasteiger partial charge in [0, 0.05) is 30.2 Å². The average molecular weight is 347 g/mol. The van der Waals surface area contributed by atoms with E-state index in [4.69, 9.17) is 9.47 Å². The summed E-state index contributed by atoms with van der Waals surface area (Å²) in [7, 11) is 3.61. The smallest absolute Gasteiger partial charge is 0.227 e. The molecule has 2 rings (SSSR count). The van der Waals surface area contributed by atoms with Gasteiger partial charge in [0.15, 0.2) is 0 Å². The molecule has 1 unspecified atom stereocenters. The van der Waals surface area contributed by atoms with Crippen molar-refractivity contribution in [3.05, 3.63) is 48.5 Å². The molecule has 5 nitrogen and oxygen atoms in total. The predicted octanol–water partition coefficient (Wildman–Crippen LogP) is 2.86. The van der Waals surface area contributed by atoms with E-state index >= 15 is 0 Å². The Morgan fingerprint density at radius 1 is 1.08 bits per heavy atom. The van der Waals surface area contributed by atoms with Crippen molar-refractivity contribution in [2.24, 2.45) is 0 Å². The van der Waals surface area contributed by atoms with Crippen LogP contribution in [0.3, 0.4) is 0 Å². The number of carbonyl (C=O) groups excluding carboxylic acids is 1. The number of anilines is 1. The monoisotopic (exact) mass is 347 g/mol. The van der Waals surface area contributed by atoms with Crippen molar-refractivity contribution in [1.82, 2.24) is 0 Å². The van der Waals surface area contributed by atoms with Crippen LogP contribution in [-0.2, 0) is 15.6 Å². The molecule has 128 valence electrons. The van der Waals surface area contributed by atoms with Crippen molar-refractivity contribution in [2.75, 3.05) is 31.9 Å². The largest absolute Gasteiger partial charge is 0.497 e. The second-order valence-electron chi connectivity index (χ2n) is 5.10. The van der Waals surface area contributed by atoms with Crippen LogP contribution < -0.4 is 14.4 Å². The van der Waals surface area contributed by atoms with Gasteiger partial charge >= 0.3 is 0 Å². The third kappa shape index (κ3) is 4.35. The number of hydrogen-bond donors (Lipinski definition) is 0. The molecule has 2 aromatic rings. The molecule has 0 saturated carbocycles. The van der Waals surface area contributed by atoms with E-state index in [9.17, 15) is 9.00 Å². The molecule has 0 aliphatic heterocycles. The second-order valence-corrected chi connectivity index (χ2v) is 6.67. The van der Waals surface area contributed by atoms with E-state index in [1.54, 1.807) is 51.6 Å².